The highest BCUT2D eigenvalue weighted by Gasteiger charge is 2.58. The molecule has 5 heteroatoms. The second-order valence-electron chi connectivity index (χ2n) is 3.53. The van der Waals surface area contributed by atoms with Crippen LogP contribution >= 0.6 is 0 Å². The van der Waals surface area contributed by atoms with E-state index in [2.05, 4.69) is 10.1 Å². The molecule has 0 spiro atoms. The van der Waals surface area contributed by atoms with Crippen molar-refractivity contribution < 1.29 is 17.9 Å². The fourth-order valence-electron chi connectivity index (χ4n) is 1.29. The number of aryl methyl sites for hydroxylation is 1. The Bertz CT molecular complexity index is 347. The second-order valence-corrected chi connectivity index (χ2v) is 3.53. The molecule has 1 aliphatic heterocycles. The zero-order valence-corrected chi connectivity index (χ0v) is 8.01. The van der Waals surface area contributed by atoms with Crippen LogP contribution in [0.2, 0.25) is 0 Å². The first kappa shape index (κ1) is 10.3. The average molecular weight is 217 g/mol. The molecule has 1 saturated heterocycles. The molecular formula is C10H10F3NO. The van der Waals surface area contributed by atoms with Crippen LogP contribution in [0.4, 0.5) is 18.9 Å². The molecule has 2 atom stereocenters. The van der Waals surface area contributed by atoms with Gasteiger partial charge in [0, 0.05) is 5.69 Å². The van der Waals surface area contributed by atoms with Gasteiger partial charge in [-0.05, 0) is 19.1 Å². The molecule has 2 rings (SSSR count). The molecule has 1 N–H and O–H groups in total. The van der Waals surface area contributed by atoms with Crippen LogP contribution < -0.4 is 5.32 Å². The van der Waals surface area contributed by atoms with Crippen LogP contribution in [0.15, 0.2) is 24.3 Å². The summed E-state index contributed by atoms with van der Waals surface area (Å²) >= 11 is 0. The Labute approximate surface area is 85.0 Å². The Balaban J connectivity index is 1.93. The average Bonchev–Trinajstić information content (AvgIpc) is 2.88. The molecular weight excluding hydrogens is 207 g/mol. The minimum absolute atomic E-state index is 0.636. The summed E-state index contributed by atoms with van der Waals surface area (Å²) in [5.41, 5.74) is 1.70. The third-order valence-corrected chi connectivity index (χ3v) is 2.17. The first-order chi connectivity index (χ1) is 6.97. The van der Waals surface area contributed by atoms with Crippen LogP contribution in [-0.2, 0) is 4.74 Å². The van der Waals surface area contributed by atoms with Gasteiger partial charge in [-0.15, -0.1) is 0 Å². The molecule has 0 aliphatic carbocycles. The standard InChI is InChI=1S/C10H10F3NO/c1-6-2-4-7(5-3-6)14-9-8(15-9)10(11,12)13/h2-5,8-9,14H,1H3. The molecule has 1 fully saturated rings. The quantitative estimate of drug-likeness (QED) is 0.770. The van der Waals surface area contributed by atoms with Gasteiger partial charge in [-0.3, -0.25) is 0 Å². The van der Waals surface area contributed by atoms with E-state index >= 15 is 0 Å². The zero-order valence-electron chi connectivity index (χ0n) is 8.01. The van der Waals surface area contributed by atoms with Crippen molar-refractivity contribution in [2.45, 2.75) is 25.4 Å². The van der Waals surface area contributed by atoms with Crippen molar-refractivity contribution in [1.82, 2.24) is 0 Å². The number of hydrogen-bond acceptors (Lipinski definition) is 2. The van der Waals surface area contributed by atoms with Crippen molar-refractivity contribution in [3.8, 4) is 0 Å². The highest BCUT2D eigenvalue weighted by Crippen LogP contribution is 2.37. The normalized spacial score (nSPS) is 25.1. The molecule has 1 aliphatic rings. The van der Waals surface area contributed by atoms with Crippen molar-refractivity contribution in [1.29, 1.82) is 0 Å². The van der Waals surface area contributed by atoms with Crippen LogP contribution in [0.25, 0.3) is 0 Å². The molecule has 0 radical (unpaired) electrons. The van der Waals surface area contributed by atoms with Gasteiger partial charge >= 0.3 is 6.18 Å². The molecule has 82 valence electrons. The van der Waals surface area contributed by atoms with Crippen molar-refractivity contribution in [3.05, 3.63) is 29.8 Å². The molecule has 2 nitrogen and oxygen atoms in total. The SMILES string of the molecule is Cc1ccc(NC2OC2C(F)(F)F)cc1. The number of rotatable bonds is 2. The molecule has 1 heterocycles. The lowest BCUT2D eigenvalue weighted by molar-refractivity contribution is -0.146. The molecule has 0 amide bonds. The summed E-state index contributed by atoms with van der Waals surface area (Å²) in [6.07, 6.45) is -6.88. The largest absolute Gasteiger partial charge is 0.419 e. The highest BCUT2D eigenvalue weighted by molar-refractivity contribution is 5.45. The van der Waals surface area contributed by atoms with Crippen LogP contribution in [0, 0.1) is 6.92 Å². The molecule has 2 unspecified atom stereocenters. The Hall–Kier alpha value is -1.23. The Morgan fingerprint density at radius 1 is 1.20 bits per heavy atom. The topological polar surface area (TPSA) is 24.6 Å². The summed E-state index contributed by atoms with van der Waals surface area (Å²) in [6, 6.07) is 7.11. The van der Waals surface area contributed by atoms with Crippen LogP contribution in [0.1, 0.15) is 5.56 Å². The van der Waals surface area contributed by atoms with Gasteiger partial charge in [0.1, 0.15) is 0 Å². The Kier molecular flexibility index (Phi) is 2.34. The van der Waals surface area contributed by atoms with Gasteiger partial charge in [0.2, 0.25) is 0 Å². The van der Waals surface area contributed by atoms with E-state index in [4.69, 9.17) is 0 Å². The summed E-state index contributed by atoms with van der Waals surface area (Å²) in [4.78, 5) is 0. The number of halogens is 3. The van der Waals surface area contributed by atoms with E-state index in [1.807, 2.05) is 19.1 Å². The van der Waals surface area contributed by atoms with Gasteiger partial charge in [0.05, 0.1) is 0 Å². The molecule has 0 saturated carbocycles. The number of alkyl halides is 3. The molecule has 15 heavy (non-hydrogen) atoms. The summed E-state index contributed by atoms with van der Waals surface area (Å²) in [5.74, 6) is 0. The number of anilines is 1. The molecule has 1 aromatic rings. The predicted molar refractivity (Wildman–Crippen MR) is 49.5 cm³/mol. The smallest absolute Gasteiger partial charge is 0.358 e. The lowest BCUT2D eigenvalue weighted by Crippen LogP contribution is -2.22. The first-order valence-corrected chi connectivity index (χ1v) is 4.52. The lowest BCUT2D eigenvalue weighted by Gasteiger charge is -2.04. The lowest BCUT2D eigenvalue weighted by atomic mass is 10.2. The van der Waals surface area contributed by atoms with Gasteiger partial charge < -0.3 is 10.1 Å². The highest BCUT2D eigenvalue weighted by atomic mass is 19.4. The molecule has 1 aromatic carbocycles. The van der Waals surface area contributed by atoms with Gasteiger partial charge in [-0.25, -0.2) is 0 Å². The van der Waals surface area contributed by atoms with Crippen molar-refractivity contribution in [2.24, 2.45) is 0 Å². The van der Waals surface area contributed by atoms with Crippen molar-refractivity contribution in [2.75, 3.05) is 5.32 Å². The van der Waals surface area contributed by atoms with E-state index in [1.54, 1.807) is 12.1 Å². The van der Waals surface area contributed by atoms with Crippen LogP contribution in [0.3, 0.4) is 0 Å². The third kappa shape index (κ3) is 2.41. The maximum Gasteiger partial charge on any atom is 0.419 e. The van der Waals surface area contributed by atoms with Crippen molar-refractivity contribution >= 4 is 5.69 Å². The number of ether oxygens (including phenoxy) is 1. The van der Waals surface area contributed by atoms with Crippen molar-refractivity contribution in [3.63, 3.8) is 0 Å². The fourth-order valence-corrected chi connectivity index (χ4v) is 1.29. The van der Waals surface area contributed by atoms with Crippen LogP contribution in [-0.4, -0.2) is 18.5 Å². The zero-order chi connectivity index (χ0) is 11.1. The molecule has 0 bridgehead atoms. The number of nitrogens with one attached hydrogen (secondary N) is 1. The number of epoxide rings is 1. The van der Waals surface area contributed by atoms with Gasteiger partial charge in [-0.1, -0.05) is 17.7 Å². The van der Waals surface area contributed by atoms with E-state index in [0.717, 1.165) is 5.56 Å². The summed E-state index contributed by atoms with van der Waals surface area (Å²) in [6.45, 7) is 1.91. The Morgan fingerprint density at radius 3 is 2.27 bits per heavy atom. The van der Waals surface area contributed by atoms with E-state index in [0.29, 0.717) is 5.69 Å². The predicted octanol–water partition coefficient (Wildman–Crippen LogP) is 2.69. The Morgan fingerprint density at radius 2 is 1.80 bits per heavy atom. The van der Waals surface area contributed by atoms with Gasteiger partial charge in [-0.2, -0.15) is 13.2 Å². The van der Waals surface area contributed by atoms with E-state index in [9.17, 15) is 13.2 Å². The maximum absolute atomic E-state index is 12.1. The van der Waals surface area contributed by atoms with Gasteiger partial charge in [0.15, 0.2) is 12.3 Å². The summed E-state index contributed by atoms with van der Waals surface area (Å²) in [5, 5.41) is 2.66. The first-order valence-electron chi connectivity index (χ1n) is 4.52. The minimum atomic E-state index is -4.28. The van der Waals surface area contributed by atoms with Gasteiger partial charge in [0.25, 0.3) is 0 Å². The summed E-state index contributed by atoms with van der Waals surface area (Å²) < 4.78 is 40.8. The number of hydrogen-bond donors (Lipinski definition) is 1. The fraction of sp³-hybridized carbons (Fsp3) is 0.400. The second kappa shape index (κ2) is 3.41. The van der Waals surface area contributed by atoms with E-state index in [-0.39, 0.29) is 0 Å². The van der Waals surface area contributed by atoms with Crippen LogP contribution in [0.5, 0.6) is 0 Å². The third-order valence-electron chi connectivity index (χ3n) is 2.17. The van der Waals surface area contributed by atoms with E-state index in [1.165, 1.54) is 0 Å². The van der Waals surface area contributed by atoms with E-state index < -0.39 is 18.5 Å². The monoisotopic (exact) mass is 217 g/mol. The minimum Gasteiger partial charge on any atom is -0.358 e. The summed E-state index contributed by atoms with van der Waals surface area (Å²) in [7, 11) is 0. The number of benzene rings is 1. The molecule has 0 aromatic heterocycles. The maximum atomic E-state index is 12.1.